The third-order valence-corrected chi connectivity index (χ3v) is 4.22. The lowest BCUT2D eigenvalue weighted by Crippen LogP contribution is -2.23. The summed E-state index contributed by atoms with van der Waals surface area (Å²) in [6, 6.07) is 3.72. The van der Waals surface area contributed by atoms with Gasteiger partial charge in [-0.05, 0) is 24.3 Å². The van der Waals surface area contributed by atoms with Crippen LogP contribution in [0.4, 0.5) is 0 Å². The molecule has 0 fully saturated rings. The number of rotatable bonds is 12. The molecular formula is C16H25NO3S. The Morgan fingerprint density at radius 1 is 1.00 bits per heavy atom. The predicted molar refractivity (Wildman–Crippen MR) is 85.8 cm³/mol. The Morgan fingerprint density at radius 3 is 2.19 bits per heavy atom. The van der Waals surface area contributed by atoms with Gasteiger partial charge in [-0.2, -0.15) is 0 Å². The number of unbranched alkanes of at least 4 members (excludes halogenated alkanes) is 7. The number of thiophene rings is 1. The Labute approximate surface area is 130 Å². The Balaban J connectivity index is 1.82. The van der Waals surface area contributed by atoms with E-state index >= 15 is 0 Å². The van der Waals surface area contributed by atoms with Crippen molar-refractivity contribution in [2.24, 2.45) is 0 Å². The maximum Gasteiger partial charge on any atom is 0.303 e. The van der Waals surface area contributed by atoms with Crippen molar-refractivity contribution >= 4 is 23.2 Å². The second-order valence-corrected chi connectivity index (χ2v) is 6.15. The van der Waals surface area contributed by atoms with Gasteiger partial charge in [-0.15, -0.1) is 11.3 Å². The number of nitrogens with one attached hydrogen (secondary N) is 1. The third-order valence-electron chi connectivity index (χ3n) is 3.35. The number of hydrogen-bond donors (Lipinski definition) is 2. The van der Waals surface area contributed by atoms with Crippen LogP contribution in [0.15, 0.2) is 17.5 Å². The van der Waals surface area contributed by atoms with Gasteiger partial charge in [-0.25, -0.2) is 0 Å². The number of carboxylic acid groups (broad SMARTS) is 1. The zero-order valence-corrected chi connectivity index (χ0v) is 13.3. The van der Waals surface area contributed by atoms with E-state index in [1.807, 2.05) is 17.5 Å². The maximum absolute atomic E-state index is 11.6. The summed E-state index contributed by atoms with van der Waals surface area (Å²) in [7, 11) is 0. The molecule has 1 amide bonds. The number of carboxylic acids is 1. The first kappa shape index (κ1) is 17.7. The van der Waals surface area contributed by atoms with Gasteiger partial charge in [0.25, 0.3) is 5.91 Å². The van der Waals surface area contributed by atoms with Crippen LogP contribution in [0.25, 0.3) is 0 Å². The summed E-state index contributed by atoms with van der Waals surface area (Å²) in [5, 5.41) is 13.3. The highest BCUT2D eigenvalue weighted by atomic mass is 32.1. The van der Waals surface area contributed by atoms with Crippen molar-refractivity contribution in [1.29, 1.82) is 0 Å². The molecule has 0 aromatic carbocycles. The molecular weight excluding hydrogens is 286 g/mol. The topological polar surface area (TPSA) is 66.4 Å². The molecule has 2 N–H and O–H groups in total. The van der Waals surface area contributed by atoms with E-state index in [0.29, 0.717) is 6.42 Å². The summed E-state index contributed by atoms with van der Waals surface area (Å²) in [5.74, 6) is -0.664. The van der Waals surface area contributed by atoms with Gasteiger partial charge in [-0.1, -0.05) is 44.6 Å². The predicted octanol–water partition coefficient (Wildman–Crippen LogP) is 4.07. The molecule has 118 valence electrons. The first-order valence-electron chi connectivity index (χ1n) is 7.73. The number of carbonyl (C=O) groups is 2. The lowest BCUT2D eigenvalue weighted by atomic mass is 10.1. The first-order chi connectivity index (χ1) is 10.2. The van der Waals surface area contributed by atoms with E-state index in [1.165, 1.54) is 30.6 Å². The Morgan fingerprint density at radius 2 is 1.62 bits per heavy atom. The monoisotopic (exact) mass is 311 g/mol. The number of hydrogen-bond acceptors (Lipinski definition) is 3. The molecule has 0 saturated carbocycles. The van der Waals surface area contributed by atoms with E-state index < -0.39 is 5.97 Å². The smallest absolute Gasteiger partial charge is 0.303 e. The van der Waals surface area contributed by atoms with Crippen LogP contribution in [-0.4, -0.2) is 23.5 Å². The van der Waals surface area contributed by atoms with Crippen LogP contribution < -0.4 is 5.32 Å². The molecule has 0 aliphatic rings. The molecule has 0 atom stereocenters. The molecule has 0 saturated heterocycles. The van der Waals surface area contributed by atoms with Gasteiger partial charge in [0.2, 0.25) is 0 Å². The quantitative estimate of drug-likeness (QED) is 0.572. The van der Waals surface area contributed by atoms with E-state index in [0.717, 1.165) is 43.5 Å². The molecule has 21 heavy (non-hydrogen) atoms. The SMILES string of the molecule is O=C(O)CCCCCCCCCCNC(=O)c1cccs1. The molecule has 0 unspecified atom stereocenters. The summed E-state index contributed by atoms with van der Waals surface area (Å²) in [5.41, 5.74) is 0. The Kier molecular flexibility index (Phi) is 9.53. The first-order valence-corrected chi connectivity index (χ1v) is 8.61. The Bertz CT molecular complexity index is 404. The van der Waals surface area contributed by atoms with Crippen LogP contribution in [0.1, 0.15) is 67.5 Å². The normalized spacial score (nSPS) is 10.5. The number of amides is 1. The van der Waals surface area contributed by atoms with E-state index in [4.69, 9.17) is 5.11 Å². The van der Waals surface area contributed by atoms with Crippen LogP contribution in [0.5, 0.6) is 0 Å². The van der Waals surface area contributed by atoms with Gasteiger partial charge in [-0.3, -0.25) is 9.59 Å². The summed E-state index contributed by atoms with van der Waals surface area (Å²) < 4.78 is 0. The van der Waals surface area contributed by atoms with Gasteiger partial charge in [0, 0.05) is 13.0 Å². The molecule has 1 heterocycles. The highest BCUT2D eigenvalue weighted by molar-refractivity contribution is 7.12. The minimum Gasteiger partial charge on any atom is -0.481 e. The third kappa shape index (κ3) is 9.24. The molecule has 0 bridgehead atoms. The van der Waals surface area contributed by atoms with Gasteiger partial charge in [0.15, 0.2) is 0 Å². The standard InChI is InChI=1S/C16H25NO3S/c18-15(19)11-7-5-3-1-2-4-6-8-12-17-16(20)14-10-9-13-21-14/h9-10,13H,1-8,11-12H2,(H,17,20)(H,18,19). The fourth-order valence-electron chi connectivity index (χ4n) is 2.16. The van der Waals surface area contributed by atoms with Crippen molar-refractivity contribution in [2.75, 3.05) is 6.54 Å². The average molecular weight is 311 g/mol. The average Bonchev–Trinajstić information content (AvgIpc) is 2.98. The van der Waals surface area contributed by atoms with Crippen molar-refractivity contribution < 1.29 is 14.7 Å². The summed E-state index contributed by atoms with van der Waals surface area (Å²) in [6.07, 6.45) is 8.97. The number of aliphatic carboxylic acids is 1. The Hall–Kier alpha value is -1.36. The summed E-state index contributed by atoms with van der Waals surface area (Å²) in [6.45, 7) is 0.745. The van der Waals surface area contributed by atoms with E-state index in [-0.39, 0.29) is 5.91 Å². The van der Waals surface area contributed by atoms with Crippen molar-refractivity contribution in [2.45, 2.75) is 57.8 Å². The minimum absolute atomic E-state index is 0.0310. The van der Waals surface area contributed by atoms with Gasteiger partial charge in [0.1, 0.15) is 0 Å². The van der Waals surface area contributed by atoms with E-state index in [2.05, 4.69) is 5.32 Å². The second-order valence-electron chi connectivity index (χ2n) is 5.21. The highest BCUT2D eigenvalue weighted by Crippen LogP contribution is 2.10. The van der Waals surface area contributed by atoms with Gasteiger partial charge < -0.3 is 10.4 Å². The zero-order valence-electron chi connectivity index (χ0n) is 12.5. The molecule has 4 nitrogen and oxygen atoms in total. The fraction of sp³-hybridized carbons (Fsp3) is 0.625. The van der Waals surface area contributed by atoms with Crippen LogP contribution >= 0.6 is 11.3 Å². The molecule has 0 aliphatic carbocycles. The molecule has 0 radical (unpaired) electrons. The van der Waals surface area contributed by atoms with Crippen molar-refractivity contribution in [3.63, 3.8) is 0 Å². The van der Waals surface area contributed by atoms with Crippen LogP contribution in [-0.2, 0) is 4.79 Å². The van der Waals surface area contributed by atoms with Crippen LogP contribution in [0.2, 0.25) is 0 Å². The fourth-order valence-corrected chi connectivity index (χ4v) is 2.80. The van der Waals surface area contributed by atoms with Gasteiger partial charge >= 0.3 is 5.97 Å². The molecule has 0 spiro atoms. The molecule has 1 aromatic rings. The zero-order chi connectivity index (χ0) is 15.3. The van der Waals surface area contributed by atoms with E-state index in [9.17, 15) is 9.59 Å². The van der Waals surface area contributed by atoms with E-state index in [1.54, 1.807) is 0 Å². The second kappa shape index (κ2) is 11.3. The largest absolute Gasteiger partial charge is 0.481 e. The highest BCUT2D eigenvalue weighted by Gasteiger charge is 2.04. The van der Waals surface area contributed by atoms with Gasteiger partial charge in [0.05, 0.1) is 4.88 Å². The molecule has 5 heteroatoms. The number of carbonyl (C=O) groups excluding carboxylic acids is 1. The van der Waals surface area contributed by atoms with Crippen LogP contribution in [0.3, 0.4) is 0 Å². The van der Waals surface area contributed by atoms with Crippen LogP contribution in [0, 0.1) is 0 Å². The summed E-state index contributed by atoms with van der Waals surface area (Å²) in [4.78, 5) is 22.7. The molecule has 1 aromatic heterocycles. The van der Waals surface area contributed by atoms with Crippen molar-refractivity contribution in [3.05, 3.63) is 22.4 Å². The molecule has 1 rings (SSSR count). The lowest BCUT2D eigenvalue weighted by molar-refractivity contribution is -0.137. The van der Waals surface area contributed by atoms with Crippen molar-refractivity contribution in [1.82, 2.24) is 5.32 Å². The lowest BCUT2D eigenvalue weighted by Gasteiger charge is -2.04. The summed E-state index contributed by atoms with van der Waals surface area (Å²) >= 11 is 1.47. The molecule has 0 aliphatic heterocycles. The maximum atomic E-state index is 11.6. The minimum atomic E-state index is -0.695. The van der Waals surface area contributed by atoms with Crippen molar-refractivity contribution in [3.8, 4) is 0 Å².